The number of thioether (sulfide) groups is 1. The first-order valence-corrected chi connectivity index (χ1v) is 7.54. The highest BCUT2D eigenvalue weighted by Gasteiger charge is 2.17. The zero-order valence-electron chi connectivity index (χ0n) is 11.7. The molecule has 0 aliphatic heterocycles. The number of nitrogens with two attached hydrogens (primary N) is 2. The number of esters is 1. The molecule has 2 aromatic rings. The second-order valence-electron chi connectivity index (χ2n) is 4.29. The van der Waals surface area contributed by atoms with Gasteiger partial charge in [-0.15, -0.1) is 11.8 Å². The van der Waals surface area contributed by atoms with Gasteiger partial charge in [-0.05, 0) is 31.2 Å². The van der Waals surface area contributed by atoms with E-state index in [0.29, 0.717) is 5.02 Å². The van der Waals surface area contributed by atoms with Crippen molar-refractivity contribution in [2.24, 2.45) is 0 Å². The predicted octanol–water partition coefficient (Wildman–Crippen LogP) is 1.91. The van der Waals surface area contributed by atoms with Crippen molar-refractivity contribution >= 4 is 41.2 Å². The molecule has 9 heteroatoms. The molecular formula is C13H14ClN5O2S. The van der Waals surface area contributed by atoms with Gasteiger partial charge in [0.1, 0.15) is 5.25 Å². The maximum absolute atomic E-state index is 12.0. The molecule has 116 valence electrons. The molecule has 0 bridgehead atoms. The van der Waals surface area contributed by atoms with Crippen LogP contribution >= 0.6 is 23.4 Å². The van der Waals surface area contributed by atoms with E-state index < -0.39 is 11.2 Å². The van der Waals surface area contributed by atoms with E-state index in [-0.39, 0.29) is 24.3 Å². The first kappa shape index (κ1) is 16.3. The van der Waals surface area contributed by atoms with Crippen LogP contribution in [-0.2, 0) is 16.1 Å². The molecule has 0 aliphatic rings. The number of ether oxygens (including phenoxy) is 1. The highest BCUT2D eigenvalue weighted by atomic mass is 35.5. The summed E-state index contributed by atoms with van der Waals surface area (Å²) in [6.45, 7) is 1.64. The number of carbonyl (C=O) groups excluding carboxylic acids is 1. The van der Waals surface area contributed by atoms with E-state index in [1.54, 1.807) is 19.1 Å². The van der Waals surface area contributed by atoms with Crippen molar-refractivity contribution in [1.29, 1.82) is 0 Å². The third kappa shape index (κ3) is 4.74. The van der Waals surface area contributed by atoms with Crippen molar-refractivity contribution in [2.75, 3.05) is 11.5 Å². The summed E-state index contributed by atoms with van der Waals surface area (Å²) in [6, 6.07) is 7.20. The Morgan fingerprint density at radius 1 is 1.23 bits per heavy atom. The lowest BCUT2D eigenvalue weighted by Crippen LogP contribution is -2.18. The molecule has 4 N–H and O–H groups in total. The minimum Gasteiger partial charge on any atom is -0.457 e. The first-order chi connectivity index (χ1) is 10.4. The van der Waals surface area contributed by atoms with Crippen LogP contribution in [0.4, 0.5) is 11.9 Å². The van der Waals surface area contributed by atoms with Crippen LogP contribution in [0.15, 0.2) is 29.2 Å². The van der Waals surface area contributed by atoms with E-state index in [2.05, 4.69) is 15.0 Å². The smallest absolute Gasteiger partial charge is 0.319 e. The van der Waals surface area contributed by atoms with Crippen molar-refractivity contribution in [1.82, 2.24) is 15.0 Å². The van der Waals surface area contributed by atoms with Crippen molar-refractivity contribution in [3.8, 4) is 0 Å². The topological polar surface area (TPSA) is 117 Å². The summed E-state index contributed by atoms with van der Waals surface area (Å²) in [4.78, 5) is 24.2. The van der Waals surface area contributed by atoms with Crippen LogP contribution in [0.2, 0.25) is 5.02 Å². The van der Waals surface area contributed by atoms with Gasteiger partial charge in [0, 0.05) is 9.92 Å². The molecule has 1 aromatic carbocycles. The molecule has 0 saturated heterocycles. The summed E-state index contributed by atoms with van der Waals surface area (Å²) < 4.78 is 5.15. The van der Waals surface area contributed by atoms with Gasteiger partial charge in [-0.25, -0.2) is 0 Å². The van der Waals surface area contributed by atoms with Gasteiger partial charge in [0.25, 0.3) is 0 Å². The summed E-state index contributed by atoms with van der Waals surface area (Å²) in [5.41, 5.74) is 10.9. The van der Waals surface area contributed by atoms with Crippen molar-refractivity contribution in [3.63, 3.8) is 0 Å². The SMILES string of the molecule is C[C@@H](Sc1ccc(Cl)cc1)C(=O)OCc1nc(N)nc(N)n1. The standard InChI is InChI=1S/C13H14ClN5O2S/c1-7(22-9-4-2-8(14)3-5-9)11(20)21-6-10-17-12(15)19-13(16)18-10/h2-5,7H,6H2,1H3,(H4,15,16,17,18,19)/t7-/m1/s1. The Hall–Kier alpha value is -2.06. The lowest BCUT2D eigenvalue weighted by atomic mass is 10.4. The minimum absolute atomic E-state index is 0.0119. The number of nitrogens with zero attached hydrogens (tertiary/aromatic N) is 3. The van der Waals surface area contributed by atoms with Crippen LogP contribution in [0.5, 0.6) is 0 Å². The van der Waals surface area contributed by atoms with Crippen LogP contribution in [0, 0.1) is 0 Å². The van der Waals surface area contributed by atoms with Crippen LogP contribution in [0.3, 0.4) is 0 Å². The molecule has 2 rings (SSSR count). The van der Waals surface area contributed by atoms with Gasteiger partial charge in [-0.3, -0.25) is 4.79 Å². The molecule has 1 heterocycles. The van der Waals surface area contributed by atoms with E-state index in [1.807, 2.05) is 12.1 Å². The average Bonchev–Trinajstić information content (AvgIpc) is 2.46. The normalized spacial score (nSPS) is 11.9. The summed E-state index contributed by atoms with van der Waals surface area (Å²) in [6.07, 6.45) is 0. The van der Waals surface area contributed by atoms with Crippen molar-refractivity contribution in [2.45, 2.75) is 23.7 Å². The fraction of sp³-hybridized carbons (Fsp3) is 0.231. The van der Waals surface area contributed by atoms with Crippen molar-refractivity contribution in [3.05, 3.63) is 35.1 Å². The molecule has 0 unspecified atom stereocenters. The Kier molecular flexibility index (Phi) is 5.40. The summed E-state index contributed by atoms with van der Waals surface area (Å²) in [5.74, 6) is -0.205. The zero-order chi connectivity index (χ0) is 16.1. The highest BCUT2D eigenvalue weighted by molar-refractivity contribution is 8.00. The van der Waals surface area contributed by atoms with Gasteiger partial charge in [0.05, 0.1) is 0 Å². The lowest BCUT2D eigenvalue weighted by molar-refractivity contribution is -0.144. The van der Waals surface area contributed by atoms with Crippen LogP contribution in [0.25, 0.3) is 0 Å². The number of benzene rings is 1. The minimum atomic E-state index is -0.391. The molecule has 0 fully saturated rings. The van der Waals surface area contributed by atoms with E-state index in [1.165, 1.54) is 11.8 Å². The molecular weight excluding hydrogens is 326 g/mol. The molecule has 0 spiro atoms. The molecule has 0 saturated carbocycles. The van der Waals surface area contributed by atoms with Gasteiger partial charge >= 0.3 is 5.97 Å². The first-order valence-electron chi connectivity index (χ1n) is 6.29. The fourth-order valence-electron chi connectivity index (χ4n) is 1.54. The maximum atomic E-state index is 12.0. The Morgan fingerprint density at radius 3 is 2.41 bits per heavy atom. The van der Waals surface area contributed by atoms with Gasteiger partial charge in [-0.2, -0.15) is 15.0 Å². The number of hydrogen-bond donors (Lipinski definition) is 2. The van der Waals surface area contributed by atoms with E-state index >= 15 is 0 Å². The number of anilines is 2. The zero-order valence-corrected chi connectivity index (χ0v) is 13.3. The molecule has 7 nitrogen and oxygen atoms in total. The quantitative estimate of drug-likeness (QED) is 0.626. The Morgan fingerprint density at radius 2 is 1.82 bits per heavy atom. The molecule has 0 radical (unpaired) electrons. The summed E-state index contributed by atoms with van der Waals surface area (Å²) in [7, 11) is 0. The third-order valence-corrected chi connectivity index (χ3v) is 3.86. The van der Waals surface area contributed by atoms with E-state index in [4.69, 9.17) is 27.8 Å². The Labute approximate surface area is 136 Å². The highest BCUT2D eigenvalue weighted by Crippen LogP contribution is 2.25. The van der Waals surface area contributed by atoms with Crippen LogP contribution in [0.1, 0.15) is 12.7 Å². The molecule has 1 aromatic heterocycles. The van der Waals surface area contributed by atoms with Gasteiger partial charge in [0.15, 0.2) is 12.4 Å². The van der Waals surface area contributed by atoms with Crippen LogP contribution in [-0.4, -0.2) is 26.2 Å². The number of nitrogen functional groups attached to an aromatic ring is 2. The van der Waals surface area contributed by atoms with E-state index in [0.717, 1.165) is 4.90 Å². The monoisotopic (exact) mass is 339 g/mol. The third-order valence-electron chi connectivity index (χ3n) is 2.52. The maximum Gasteiger partial charge on any atom is 0.319 e. The Bertz CT molecular complexity index is 648. The molecule has 0 amide bonds. The number of rotatable bonds is 5. The Balaban J connectivity index is 1.89. The van der Waals surface area contributed by atoms with E-state index in [9.17, 15) is 4.79 Å². The van der Waals surface area contributed by atoms with Gasteiger partial charge in [-0.1, -0.05) is 11.6 Å². The molecule has 0 aliphatic carbocycles. The molecule has 22 heavy (non-hydrogen) atoms. The molecule has 1 atom stereocenters. The fourth-order valence-corrected chi connectivity index (χ4v) is 2.53. The van der Waals surface area contributed by atoms with Gasteiger partial charge in [0.2, 0.25) is 11.9 Å². The summed E-state index contributed by atoms with van der Waals surface area (Å²) in [5, 5.41) is 0.252. The van der Waals surface area contributed by atoms with Crippen molar-refractivity contribution < 1.29 is 9.53 Å². The number of hydrogen-bond acceptors (Lipinski definition) is 8. The average molecular weight is 340 g/mol. The largest absolute Gasteiger partial charge is 0.457 e. The lowest BCUT2D eigenvalue weighted by Gasteiger charge is -2.11. The summed E-state index contributed by atoms with van der Waals surface area (Å²) >= 11 is 7.18. The number of halogens is 1. The number of carbonyl (C=O) groups is 1. The van der Waals surface area contributed by atoms with Gasteiger partial charge < -0.3 is 16.2 Å². The second-order valence-corrected chi connectivity index (χ2v) is 6.14. The predicted molar refractivity (Wildman–Crippen MR) is 85.2 cm³/mol. The number of aromatic nitrogens is 3. The van der Waals surface area contributed by atoms with Crippen LogP contribution < -0.4 is 11.5 Å². The second kappa shape index (κ2) is 7.28.